The highest BCUT2D eigenvalue weighted by Gasteiger charge is 2.24. The van der Waals surface area contributed by atoms with Gasteiger partial charge in [0.2, 0.25) is 0 Å². The molecule has 0 radical (unpaired) electrons. The largest absolute Gasteiger partial charge is 0.356 e. The third-order valence-electron chi connectivity index (χ3n) is 11.8. The zero-order chi connectivity index (χ0) is 35.8. The van der Waals surface area contributed by atoms with Crippen molar-refractivity contribution in [2.75, 3.05) is 13.1 Å². The third kappa shape index (κ3) is 30.9. The molecule has 0 aromatic rings. The molecule has 50 heavy (non-hydrogen) atoms. The van der Waals surface area contributed by atoms with Crippen LogP contribution in [0.1, 0.15) is 278 Å². The summed E-state index contributed by atoms with van der Waals surface area (Å²) in [5.74, 6) is 0. The summed E-state index contributed by atoms with van der Waals surface area (Å²) in [5.41, 5.74) is 0. The first-order valence-electron chi connectivity index (χ1n) is 24.0. The van der Waals surface area contributed by atoms with Gasteiger partial charge in [0.1, 0.15) is 6.17 Å². The molecule has 1 rings (SSSR count). The Morgan fingerprint density at radius 3 is 0.700 bits per heavy atom. The zero-order valence-corrected chi connectivity index (χ0v) is 35.3. The van der Waals surface area contributed by atoms with Crippen LogP contribution in [0.2, 0.25) is 0 Å². The molecule has 0 saturated carbocycles. The lowest BCUT2D eigenvalue weighted by Gasteiger charge is -2.33. The normalized spacial score (nSPS) is 14.5. The number of hydrogen-bond acceptors (Lipinski definition) is 2. The average molecular weight is 701 g/mol. The summed E-state index contributed by atoms with van der Waals surface area (Å²) in [7, 11) is 0. The van der Waals surface area contributed by atoms with E-state index < -0.39 is 0 Å². The molecule has 0 fully saturated rings. The van der Waals surface area contributed by atoms with Crippen molar-refractivity contribution < 1.29 is 0 Å². The third-order valence-corrected chi connectivity index (χ3v) is 11.8. The van der Waals surface area contributed by atoms with E-state index in [9.17, 15) is 0 Å². The first kappa shape index (κ1) is 47.4. The average Bonchev–Trinajstić information content (AvgIpc) is 3.51. The minimum atomic E-state index is 0.637. The van der Waals surface area contributed by atoms with Crippen LogP contribution in [0.5, 0.6) is 0 Å². The van der Waals surface area contributed by atoms with Crippen LogP contribution < -0.4 is 0 Å². The molecule has 1 unspecified atom stereocenters. The van der Waals surface area contributed by atoms with Gasteiger partial charge in [-0.1, -0.05) is 252 Å². The molecule has 1 atom stereocenters. The standard InChI is InChI=1S/C48H96N2/c1-4-7-10-13-16-19-21-23-25-26-27-28-30-32-34-37-40-43-48-49(44-41-38-35-18-15-12-9-6-3)46-47-50(48)45-42-39-36-33-31-29-24-22-20-17-14-11-8-5-2/h46-48H,4-45H2,1-3H3. The van der Waals surface area contributed by atoms with Crippen LogP contribution in [0.25, 0.3) is 0 Å². The van der Waals surface area contributed by atoms with Crippen molar-refractivity contribution in [1.82, 2.24) is 9.80 Å². The first-order chi connectivity index (χ1) is 24.8. The van der Waals surface area contributed by atoms with Crippen LogP contribution in [0.15, 0.2) is 12.4 Å². The molecule has 0 N–H and O–H groups in total. The van der Waals surface area contributed by atoms with Crippen molar-refractivity contribution in [3.8, 4) is 0 Å². The summed E-state index contributed by atoms with van der Waals surface area (Å²) < 4.78 is 0. The predicted octanol–water partition coefficient (Wildman–Crippen LogP) is 17.1. The van der Waals surface area contributed by atoms with Crippen molar-refractivity contribution >= 4 is 0 Å². The van der Waals surface area contributed by atoms with E-state index in [2.05, 4.69) is 43.0 Å². The molecule has 2 nitrogen and oxygen atoms in total. The van der Waals surface area contributed by atoms with Gasteiger partial charge in [-0.3, -0.25) is 0 Å². The van der Waals surface area contributed by atoms with Gasteiger partial charge in [0.15, 0.2) is 0 Å². The van der Waals surface area contributed by atoms with Gasteiger partial charge in [-0.2, -0.15) is 0 Å². The Morgan fingerprint density at radius 1 is 0.260 bits per heavy atom. The van der Waals surface area contributed by atoms with E-state index in [-0.39, 0.29) is 0 Å². The van der Waals surface area contributed by atoms with Crippen molar-refractivity contribution in [3.05, 3.63) is 12.4 Å². The summed E-state index contributed by atoms with van der Waals surface area (Å²) in [6, 6.07) is 0. The lowest BCUT2D eigenvalue weighted by molar-refractivity contribution is 0.135. The molecule has 0 aliphatic carbocycles. The molecular weight excluding hydrogens is 605 g/mol. The first-order valence-corrected chi connectivity index (χ1v) is 24.0. The molecule has 0 aromatic carbocycles. The van der Waals surface area contributed by atoms with E-state index in [4.69, 9.17) is 0 Å². The second-order valence-electron chi connectivity index (χ2n) is 16.8. The SMILES string of the molecule is CCCCCCCCCCCCCCCCCCCC1N(CCCCCCCCCC)C=CN1CCCCCCCCCCCCCCCC. The Morgan fingerprint density at radius 2 is 0.460 bits per heavy atom. The summed E-state index contributed by atoms with van der Waals surface area (Å²) in [5, 5.41) is 0. The zero-order valence-electron chi connectivity index (χ0n) is 35.3. The van der Waals surface area contributed by atoms with Crippen LogP contribution >= 0.6 is 0 Å². The molecule has 1 aliphatic rings. The Kier molecular flexibility index (Phi) is 37.5. The van der Waals surface area contributed by atoms with Gasteiger partial charge in [-0.15, -0.1) is 0 Å². The van der Waals surface area contributed by atoms with Gasteiger partial charge in [0.05, 0.1) is 0 Å². The van der Waals surface area contributed by atoms with Gasteiger partial charge in [-0.25, -0.2) is 0 Å². The Bertz CT molecular complexity index is 659. The van der Waals surface area contributed by atoms with E-state index in [0.29, 0.717) is 6.17 Å². The van der Waals surface area contributed by atoms with Crippen molar-refractivity contribution in [2.45, 2.75) is 284 Å². The second-order valence-corrected chi connectivity index (χ2v) is 16.8. The fourth-order valence-electron chi connectivity index (χ4n) is 8.31. The molecule has 298 valence electrons. The highest BCUT2D eigenvalue weighted by molar-refractivity contribution is 4.97. The molecule has 0 saturated heterocycles. The smallest absolute Gasteiger partial charge is 0.101 e. The van der Waals surface area contributed by atoms with E-state index in [1.165, 1.54) is 270 Å². The summed E-state index contributed by atoms with van der Waals surface area (Å²) >= 11 is 0. The summed E-state index contributed by atoms with van der Waals surface area (Å²) in [4.78, 5) is 5.46. The number of unbranched alkanes of at least 4 members (excludes halogenated alkanes) is 36. The van der Waals surface area contributed by atoms with Crippen molar-refractivity contribution in [2.24, 2.45) is 0 Å². The molecule has 1 heterocycles. The van der Waals surface area contributed by atoms with Gasteiger partial charge in [0.25, 0.3) is 0 Å². The quantitative estimate of drug-likeness (QED) is 0.0585. The van der Waals surface area contributed by atoms with Crippen LogP contribution in [0.4, 0.5) is 0 Å². The Labute approximate surface area is 318 Å². The molecular formula is C48H96N2. The van der Waals surface area contributed by atoms with E-state index in [0.717, 1.165) is 0 Å². The maximum Gasteiger partial charge on any atom is 0.101 e. The highest BCUT2D eigenvalue weighted by atomic mass is 15.4. The Balaban J connectivity index is 2.16. The monoisotopic (exact) mass is 701 g/mol. The number of hydrogen-bond donors (Lipinski definition) is 0. The van der Waals surface area contributed by atoms with Crippen molar-refractivity contribution in [3.63, 3.8) is 0 Å². The molecule has 2 heteroatoms. The topological polar surface area (TPSA) is 6.48 Å². The van der Waals surface area contributed by atoms with E-state index in [1.807, 2.05) is 0 Å². The maximum absolute atomic E-state index is 2.73. The van der Waals surface area contributed by atoms with Crippen LogP contribution in [0, 0.1) is 0 Å². The second kappa shape index (κ2) is 39.5. The molecule has 0 bridgehead atoms. The van der Waals surface area contributed by atoms with Crippen molar-refractivity contribution in [1.29, 1.82) is 0 Å². The highest BCUT2D eigenvalue weighted by Crippen LogP contribution is 2.24. The summed E-state index contributed by atoms with van der Waals surface area (Å²) in [6.07, 6.45) is 63.4. The molecule has 0 spiro atoms. The molecule has 1 aliphatic heterocycles. The summed E-state index contributed by atoms with van der Waals surface area (Å²) in [6.45, 7) is 9.49. The fourth-order valence-corrected chi connectivity index (χ4v) is 8.31. The van der Waals surface area contributed by atoms with Crippen LogP contribution in [-0.2, 0) is 0 Å². The maximum atomic E-state index is 2.73. The lowest BCUT2D eigenvalue weighted by atomic mass is 10.0. The minimum Gasteiger partial charge on any atom is -0.356 e. The fraction of sp³-hybridized carbons (Fsp3) is 0.958. The van der Waals surface area contributed by atoms with Gasteiger partial charge >= 0.3 is 0 Å². The lowest BCUT2D eigenvalue weighted by Crippen LogP contribution is -2.39. The molecule has 0 amide bonds. The van der Waals surface area contributed by atoms with Crippen LogP contribution in [0.3, 0.4) is 0 Å². The van der Waals surface area contributed by atoms with E-state index in [1.54, 1.807) is 0 Å². The number of nitrogens with zero attached hydrogens (tertiary/aromatic N) is 2. The minimum absolute atomic E-state index is 0.637. The van der Waals surface area contributed by atoms with Gasteiger partial charge in [-0.05, 0) is 25.7 Å². The predicted molar refractivity (Wildman–Crippen MR) is 228 cm³/mol. The number of rotatable bonds is 42. The Hall–Kier alpha value is -0.660. The van der Waals surface area contributed by atoms with Gasteiger partial charge < -0.3 is 9.80 Å². The van der Waals surface area contributed by atoms with E-state index >= 15 is 0 Å². The molecule has 0 aromatic heterocycles. The van der Waals surface area contributed by atoms with Gasteiger partial charge in [0, 0.05) is 25.5 Å². The van der Waals surface area contributed by atoms with Crippen LogP contribution in [-0.4, -0.2) is 29.1 Å².